The Morgan fingerprint density at radius 3 is 2.55 bits per heavy atom. The molecule has 1 N–H and O–H groups in total. The number of aromatic nitrogens is 1. The molecular weight excluding hydrogens is 555 g/mol. The van der Waals surface area contributed by atoms with Crippen LogP contribution in [0.2, 0.25) is 18.6 Å². The van der Waals surface area contributed by atoms with E-state index in [-0.39, 0.29) is 42.2 Å². The Bertz CT molecular complexity index is 1500. The van der Waals surface area contributed by atoms with Crippen LogP contribution in [0.15, 0.2) is 65.6 Å². The topological polar surface area (TPSA) is 90.2 Å². The lowest BCUT2D eigenvalue weighted by atomic mass is 9.86. The number of nitrogens with zero attached hydrogens (tertiary/aromatic N) is 2. The number of methoxy groups -OCH3 is 2. The fourth-order valence-electron chi connectivity index (χ4n) is 6.45. The van der Waals surface area contributed by atoms with Gasteiger partial charge in [-0.1, -0.05) is 31.2 Å². The van der Waals surface area contributed by atoms with Gasteiger partial charge in [0.25, 0.3) is 5.56 Å². The Morgan fingerprint density at radius 1 is 1.14 bits per heavy atom. The normalized spacial score (nSPS) is 22.5. The van der Waals surface area contributed by atoms with E-state index >= 15 is 4.11 Å². The number of halogens is 1. The lowest BCUT2D eigenvalue weighted by Gasteiger charge is -2.44. The highest BCUT2D eigenvalue weighted by Gasteiger charge is 2.49. The highest BCUT2D eigenvalue weighted by Crippen LogP contribution is 2.48. The molecule has 1 amide bonds. The molecule has 1 aromatic heterocycles. The molecular formula is C32H39FN2O6Si. The summed E-state index contributed by atoms with van der Waals surface area (Å²) in [5.74, 6) is 0.304. The Labute approximate surface area is 246 Å². The van der Waals surface area contributed by atoms with Crippen LogP contribution in [-0.2, 0) is 22.5 Å². The summed E-state index contributed by atoms with van der Waals surface area (Å²) in [6.07, 6.45) is 1.16. The molecule has 5 rings (SSSR count). The van der Waals surface area contributed by atoms with Gasteiger partial charge in [0.1, 0.15) is 11.9 Å². The molecule has 0 saturated heterocycles. The largest absolute Gasteiger partial charge is 0.491 e. The van der Waals surface area contributed by atoms with Gasteiger partial charge in [-0.2, -0.15) is 0 Å². The summed E-state index contributed by atoms with van der Waals surface area (Å²) in [5.41, 5.74) is 2.61. The monoisotopic (exact) mass is 594 g/mol. The molecule has 3 aromatic rings. The maximum Gasteiger partial charge on any atom is 0.297 e. The molecule has 42 heavy (non-hydrogen) atoms. The van der Waals surface area contributed by atoms with Gasteiger partial charge in [0, 0.05) is 49.0 Å². The molecule has 0 bridgehead atoms. The molecule has 2 aliphatic rings. The van der Waals surface area contributed by atoms with Crippen LogP contribution in [0.4, 0.5) is 4.11 Å². The molecule has 3 heterocycles. The number of carbonyl (C=O) groups excluding carboxylic acids is 1. The van der Waals surface area contributed by atoms with Gasteiger partial charge in [0.15, 0.2) is 5.75 Å². The van der Waals surface area contributed by atoms with Gasteiger partial charge in [-0.15, -0.1) is 0 Å². The van der Waals surface area contributed by atoms with Crippen molar-refractivity contribution >= 4 is 14.3 Å². The molecule has 2 aliphatic heterocycles. The molecule has 0 radical (unpaired) electrons. The predicted molar refractivity (Wildman–Crippen MR) is 160 cm³/mol. The maximum atomic E-state index is 16.1. The number of ether oxygens (including phenoxy) is 3. The zero-order chi connectivity index (χ0) is 30.2. The number of benzene rings is 2. The van der Waals surface area contributed by atoms with Gasteiger partial charge < -0.3 is 28.3 Å². The second-order valence-electron chi connectivity index (χ2n) is 11.8. The number of carbonyl (C=O) groups is 1. The summed E-state index contributed by atoms with van der Waals surface area (Å²) in [6, 6.07) is 16.3. The van der Waals surface area contributed by atoms with Crippen molar-refractivity contribution in [2.75, 3.05) is 20.8 Å². The van der Waals surface area contributed by atoms with Crippen molar-refractivity contribution < 1.29 is 28.2 Å². The molecule has 0 aliphatic carbocycles. The first-order chi connectivity index (χ1) is 20.1. The van der Waals surface area contributed by atoms with Gasteiger partial charge in [-0.25, -0.2) is 0 Å². The summed E-state index contributed by atoms with van der Waals surface area (Å²) in [4.78, 5) is 28.4. The van der Waals surface area contributed by atoms with Gasteiger partial charge in [-0.3, -0.25) is 14.2 Å². The minimum atomic E-state index is -3.44. The number of hydrogen-bond acceptors (Lipinski definition) is 6. The van der Waals surface area contributed by atoms with Crippen molar-refractivity contribution in [1.82, 2.24) is 9.47 Å². The Hall–Kier alpha value is -3.47. The molecule has 8 nitrogen and oxygen atoms in total. The summed E-state index contributed by atoms with van der Waals surface area (Å²) in [5, 5.41) is 10.1. The van der Waals surface area contributed by atoms with E-state index < -0.39 is 26.2 Å². The fraction of sp³-hybridized carbons (Fsp3) is 0.438. The number of fused-ring (bicyclic) bond motifs is 2. The molecule has 224 valence electrons. The summed E-state index contributed by atoms with van der Waals surface area (Å²) < 4.78 is 35.3. The number of rotatable bonds is 8. The highest BCUT2D eigenvalue weighted by atomic mass is 28.4. The fourth-order valence-corrected chi connectivity index (χ4v) is 8.26. The summed E-state index contributed by atoms with van der Waals surface area (Å²) in [7, 11) is -0.383. The number of pyridine rings is 1. The van der Waals surface area contributed by atoms with Crippen LogP contribution in [0.1, 0.15) is 36.1 Å². The van der Waals surface area contributed by atoms with Crippen molar-refractivity contribution in [3.05, 3.63) is 87.8 Å². The Kier molecular flexibility index (Phi) is 8.59. The molecule has 0 fully saturated rings. The first-order valence-corrected chi connectivity index (χ1v) is 17.3. The van der Waals surface area contributed by atoms with Crippen LogP contribution >= 0.6 is 0 Å². The lowest BCUT2D eigenvalue weighted by Crippen LogP contribution is -2.50. The zero-order valence-corrected chi connectivity index (χ0v) is 25.7. The van der Waals surface area contributed by atoms with Crippen LogP contribution in [0.3, 0.4) is 0 Å². The molecule has 1 unspecified atom stereocenters. The van der Waals surface area contributed by atoms with E-state index in [0.29, 0.717) is 24.4 Å². The average Bonchev–Trinajstić information content (AvgIpc) is 2.98. The van der Waals surface area contributed by atoms with Crippen LogP contribution in [0, 0.1) is 5.92 Å². The second-order valence-corrected chi connectivity index (χ2v) is 15.6. The third-order valence-corrected chi connectivity index (χ3v) is 11.1. The Morgan fingerprint density at radius 2 is 1.88 bits per heavy atom. The smallest absolute Gasteiger partial charge is 0.297 e. The SMILES string of the molecule is COc1cccn(-c2ccc3c(c2)[C@@H](OC)[C@H](C)[C@@H](C(CC(=O)N2Cc4ccccc4C[C@H]2CO)[Si](C)(C)F)O3)c1=O. The van der Waals surface area contributed by atoms with E-state index in [9.17, 15) is 14.7 Å². The summed E-state index contributed by atoms with van der Waals surface area (Å²) in [6.45, 7) is 5.42. The maximum absolute atomic E-state index is 16.1. The van der Waals surface area contributed by atoms with E-state index in [1.807, 2.05) is 37.3 Å². The predicted octanol–water partition coefficient (Wildman–Crippen LogP) is 4.81. The van der Waals surface area contributed by atoms with E-state index in [1.54, 1.807) is 55.6 Å². The molecule has 0 saturated carbocycles. The first-order valence-electron chi connectivity index (χ1n) is 14.3. The molecule has 0 spiro atoms. The number of aliphatic hydroxyl groups is 1. The van der Waals surface area contributed by atoms with Crippen molar-refractivity contribution in [3.63, 3.8) is 0 Å². The van der Waals surface area contributed by atoms with E-state index in [0.717, 1.165) is 16.7 Å². The third-order valence-electron chi connectivity index (χ3n) is 8.78. The van der Waals surface area contributed by atoms with Crippen LogP contribution in [-0.4, -0.2) is 61.9 Å². The van der Waals surface area contributed by atoms with Crippen molar-refractivity contribution in [1.29, 1.82) is 0 Å². The minimum Gasteiger partial charge on any atom is -0.491 e. The van der Waals surface area contributed by atoms with E-state index in [1.165, 1.54) is 11.7 Å². The standard InChI is InChI=1S/C32H39FN2O6Si/c1-20-30(40-3)25-16-23(34-14-8-11-27(39-2)32(34)38)12-13-26(25)41-31(20)28(42(4,5)33)17-29(37)35-18-22-10-7-6-9-21(22)15-24(35)19-36/h6-14,16,20,24,28,30-31,36H,15,17-19H2,1-5H3/t20-,24-,28?,30-,31-/m0/s1. The lowest BCUT2D eigenvalue weighted by molar-refractivity contribution is -0.136. The van der Waals surface area contributed by atoms with Crippen LogP contribution < -0.4 is 15.0 Å². The van der Waals surface area contributed by atoms with Crippen molar-refractivity contribution in [2.24, 2.45) is 5.92 Å². The molecule has 10 heteroatoms. The van der Waals surface area contributed by atoms with Crippen molar-refractivity contribution in [3.8, 4) is 17.2 Å². The number of amides is 1. The highest BCUT2D eigenvalue weighted by molar-refractivity contribution is 6.72. The average molecular weight is 595 g/mol. The summed E-state index contributed by atoms with van der Waals surface area (Å²) >= 11 is 0. The van der Waals surface area contributed by atoms with Crippen LogP contribution in [0.25, 0.3) is 5.69 Å². The second kappa shape index (κ2) is 12.0. The van der Waals surface area contributed by atoms with E-state index in [2.05, 4.69) is 0 Å². The quantitative estimate of drug-likeness (QED) is 0.297. The van der Waals surface area contributed by atoms with Gasteiger partial charge in [-0.05, 0) is 61.0 Å². The van der Waals surface area contributed by atoms with Crippen molar-refractivity contribution in [2.45, 2.75) is 63.2 Å². The zero-order valence-electron chi connectivity index (χ0n) is 24.7. The van der Waals surface area contributed by atoms with Crippen LogP contribution in [0.5, 0.6) is 11.5 Å². The number of aliphatic hydroxyl groups excluding tert-OH is 1. The first kappa shape index (κ1) is 30.0. The third kappa shape index (κ3) is 5.63. The minimum absolute atomic E-state index is 0.0214. The van der Waals surface area contributed by atoms with E-state index in [4.69, 9.17) is 14.2 Å². The van der Waals surface area contributed by atoms with Gasteiger partial charge in [0.05, 0.1) is 25.9 Å². The number of hydrogen-bond donors (Lipinski definition) is 1. The molecule has 5 atom stereocenters. The Balaban J connectivity index is 1.45. The van der Waals surface area contributed by atoms with Gasteiger partial charge in [0.2, 0.25) is 14.3 Å². The van der Waals surface area contributed by atoms with Gasteiger partial charge >= 0.3 is 0 Å². The molecule has 2 aromatic carbocycles.